The van der Waals surface area contributed by atoms with Gasteiger partial charge in [-0.05, 0) is 29.8 Å². The van der Waals surface area contributed by atoms with E-state index in [0.29, 0.717) is 18.1 Å². The highest BCUT2D eigenvalue weighted by Gasteiger charge is 2.17. The SMILES string of the molecule is COc1cccc(-c2nc(CSc3nnc(-c4ccco4)n3Cc3ccccc3)cs2)c1. The second-order valence-corrected chi connectivity index (χ2v) is 8.82. The lowest BCUT2D eigenvalue weighted by molar-refractivity contribution is 0.415. The van der Waals surface area contributed by atoms with E-state index < -0.39 is 0 Å². The minimum absolute atomic E-state index is 0.665. The van der Waals surface area contributed by atoms with Crippen LogP contribution >= 0.6 is 23.1 Å². The van der Waals surface area contributed by atoms with Crippen LogP contribution in [0.4, 0.5) is 0 Å². The summed E-state index contributed by atoms with van der Waals surface area (Å²) in [6.07, 6.45) is 1.65. The molecule has 2 aromatic carbocycles. The third kappa shape index (κ3) is 4.46. The van der Waals surface area contributed by atoms with E-state index in [1.807, 2.05) is 54.6 Å². The van der Waals surface area contributed by atoms with Crippen LogP contribution in [-0.4, -0.2) is 26.9 Å². The molecule has 0 saturated carbocycles. The predicted octanol–water partition coefficient (Wildman–Crippen LogP) is 6.01. The van der Waals surface area contributed by atoms with Gasteiger partial charge in [0, 0.05) is 16.7 Å². The molecule has 5 rings (SSSR count). The van der Waals surface area contributed by atoms with Crippen molar-refractivity contribution in [2.24, 2.45) is 0 Å². The van der Waals surface area contributed by atoms with Gasteiger partial charge < -0.3 is 9.15 Å². The van der Waals surface area contributed by atoms with Crippen LogP contribution in [0.3, 0.4) is 0 Å². The normalized spacial score (nSPS) is 11.0. The fourth-order valence-electron chi connectivity index (χ4n) is 3.29. The lowest BCUT2D eigenvalue weighted by atomic mass is 10.2. The summed E-state index contributed by atoms with van der Waals surface area (Å²) in [6.45, 7) is 0.665. The molecule has 32 heavy (non-hydrogen) atoms. The zero-order valence-electron chi connectivity index (χ0n) is 17.3. The maximum atomic E-state index is 5.59. The van der Waals surface area contributed by atoms with Gasteiger partial charge >= 0.3 is 0 Å². The lowest BCUT2D eigenvalue weighted by Gasteiger charge is -2.09. The molecule has 5 aromatic rings. The van der Waals surface area contributed by atoms with Gasteiger partial charge in [-0.25, -0.2) is 4.98 Å². The minimum Gasteiger partial charge on any atom is -0.497 e. The van der Waals surface area contributed by atoms with Gasteiger partial charge in [-0.2, -0.15) is 0 Å². The Balaban J connectivity index is 1.37. The van der Waals surface area contributed by atoms with Crippen molar-refractivity contribution in [3.05, 3.63) is 89.6 Å². The third-order valence-electron chi connectivity index (χ3n) is 4.86. The van der Waals surface area contributed by atoms with E-state index in [9.17, 15) is 0 Å². The van der Waals surface area contributed by atoms with Gasteiger partial charge in [0.05, 0.1) is 25.6 Å². The van der Waals surface area contributed by atoms with Gasteiger partial charge in [-0.1, -0.05) is 54.2 Å². The fourth-order valence-corrected chi connectivity index (χ4v) is 5.05. The van der Waals surface area contributed by atoms with E-state index in [0.717, 1.165) is 33.0 Å². The summed E-state index contributed by atoms with van der Waals surface area (Å²) in [6, 6.07) is 22.0. The molecule has 3 aromatic heterocycles. The van der Waals surface area contributed by atoms with E-state index in [4.69, 9.17) is 14.1 Å². The smallest absolute Gasteiger partial charge is 0.200 e. The van der Waals surface area contributed by atoms with Crippen molar-refractivity contribution in [1.29, 1.82) is 0 Å². The monoisotopic (exact) mass is 460 g/mol. The molecule has 0 N–H and O–H groups in total. The van der Waals surface area contributed by atoms with E-state index in [1.165, 1.54) is 5.56 Å². The lowest BCUT2D eigenvalue weighted by Crippen LogP contribution is -2.04. The first kappa shape index (κ1) is 20.5. The highest BCUT2D eigenvalue weighted by molar-refractivity contribution is 7.98. The Kier molecular flexibility index (Phi) is 6.04. The Bertz CT molecular complexity index is 1300. The molecule has 0 aliphatic rings. The maximum Gasteiger partial charge on any atom is 0.200 e. The van der Waals surface area contributed by atoms with Gasteiger partial charge in [0.25, 0.3) is 0 Å². The first-order valence-electron chi connectivity index (χ1n) is 10.0. The molecular weight excluding hydrogens is 440 g/mol. The average Bonchev–Trinajstić information content (AvgIpc) is 3.60. The molecule has 0 spiro atoms. The topological polar surface area (TPSA) is 66.0 Å². The molecule has 0 amide bonds. The standard InChI is InChI=1S/C24H20N4O2S2/c1-29-20-10-5-9-18(13-20)23-25-19(15-31-23)16-32-24-27-26-22(21-11-6-12-30-21)28(24)14-17-7-3-2-4-8-17/h2-13,15H,14,16H2,1H3. The van der Waals surface area contributed by atoms with Crippen LogP contribution in [0.5, 0.6) is 5.75 Å². The van der Waals surface area contributed by atoms with Gasteiger partial charge in [0.15, 0.2) is 10.9 Å². The van der Waals surface area contributed by atoms with Crippen LogP contribution in [0.2, 0.25) is 0 Å². The van der Waals surface area contributed by atoms with Crippen LogP contribution < -0.4 is 4.74 Å². The Morgan fingerprint density at radius 1 is 1.03 bits per heavy atom. The zero-order valence-corrected chi connectivity index (χ0v) is 19.0. The highest BCUT2D eigenvalue weighted by atomic mass is 32.2. The summed E-state index contributed by atoms with van der Waals surface area (Å²) in [7, 11) is 1.67. The molecule has 160 valence electrons. The zero-order chi connectivity index (χ0) is 21.8. The summed E-state index contributed by atoms with van der Waals surface area (Å²) in [5, 5.41) is 12.7. The summed E-state index contributed by atoms with van der Waals surface area (Å²) in [5.74, 6) is 2.95. The van der Waals surface area contributed by atoms with Crippen molar-refractivity contribution in [2.75, 3.05) is 7.11 Å². The number of aromatic nitrogens is 4. The number of hydrogen-bond donors (Lipinski definition) is 0. The number of benzene rings is 2. The van der Waals surface area contributed by atoms with Crippen molar-refractivity contribution >= 4 is 23.1 Å². The quantitative estimate of drug-likeness (QED) is 0.264. The van der Waals surface area contributed by atoms with Crippen LogP contribution in [0, 0.1) is 0 Å². The van der Waals surface area contributed by atoms with Crippen LogP contribution in [0.15, 0.2) is 87.9 Å². The molecule has 3 heterocycles. The van der Waals surface area contributed by atoms with Crippen molar-refractivity contribution in [1.82, 2.24) is 19.7 Å². The van der Waals surface area contributed by atoms with Crippen molar-refractivity contribution in [3.63, 3.8) is 0 Å². The van der Waals surface area contributed by atoms with Gasteiger partial charge in [-0.3, -0.25) is 4.57 Å². The van der Waals surface area contributed by atoms with Crippen molar-refractivity contribution in [2.45, 2.75) is 17.5 Å². The Morgan fingerprint density at radius 2 is 1.94 bits per heavy atom. The largest absolute Gasteiger partial charge is 0.497 e. The number of thiazole rings is 1. The van der Waals surface area contributed by atoms with Crippen LogP contribution in [-0.2, 0) is 12.3 Å². The molecule has 0 aliphatic carbocycles. The first-order valence-corrected chi connectivity index (χ1v) is 11.9. The number of hydrogen-bond acceptors (Lipinski definition) is 7. The second-order valence-electron chi connectivity index (χ2n) is 7.02. The van der Waals surface area contributed by atoms with Crippen molar-refractivity contribution in [3.8, 4) is 27.9 Å². The fraction of sp³-hybridized carbons (Fsp3) is 0.125. The number of ether oxygens (including phenoxy) is 1. The predicted molar refractivity (Wildman–Crippen MR) is 127 cm³/mol. The number of thioether (sulfide) groups is 1. The van der Waals surface area contributed by atoms with Gasteiger partial charge in [0.2, 0.25) is 5.82 Å². The molecular formula is C24H20N4O2S2. The number of methoxy groups -OCH3 is 1. The maximum absolute atomic E-state index is 5.59. The third-order valence-corrected chi connectivity index (χ3v) is 6.80. The van der Waals surface area contributed by atoms with Crippen LogP contribution in [0.1, 0.15) is 11.3 Å². The summed E-state index contributed by atoms with van der Waals surface area (Å²) < 4.78 is 13.0. The Hall–Kier alpha value is -3.36. The molecule has 0 saturated heterocycles. The first-order chi connectivity index (χ1) is 15.8. The molecule has 8 heteroatoms. The second kappa shape index (κ2) is 9.42. The molecule has 0 aliphatic heterocycles. The number of furan rings is 1. The van der Waals surface area contributed by atoms with E-state index in [2.05, 4.69) is 32.3 Å². The van der Waals surface area contributed by atoms with E-state index in [-0.39, 0.29) is 0 Å². The van der Waals surface area contributed by atoms with E-state index in [1.54, 1.807) is 36.5 Å². The molecule has 0 fully saturated rings. The number of nitrogens with zero attached hydrogens (tertiary/aromatic N) is 4. The number of rotatable bonds is 8. The molecule has 6 nitrogen and oxygen atoms in total. The molecule has 0 atom stereocenters. The minimum atomic E-state index is 0.665. The molecule has 0 unspecified atom stereocenters. The molecule has 0 bridgehead atoms. The van der Waals surface area contributed by atoms with E-state index >= 15 is 0 Å². The highest BCUT2D eigenvalue weighted by Crippen LogP contribution is 2.31. The van der Waals surface area contributed by atoms with Gasteiger partial charge in [0.1, 0.15) is 10.8 Å². The van der Waals surface area contributed by atoms with Gasteiger partial charge in [-0.15, -0.1) is 21.5 Å². The summed E-state index contributed by atoms with van der Waals surface area (Å²) in [4.78, 5) is 4.81. The molecule has 0 radical (unpaired) electrons. The Morgan fingerprint density at radius 3 is 2.75 bits per heavy atom. The van der Waals surface area contributed by atoms with Crippen molar-refractivity contribution < 1.29 is 9.15 Å². The summed E-state index contributed by atoms with van der Waals surface area (Å²) in [5.41, 5.74) is 3.24. The average molecular weight is 461 g/mol. The van der Waals surface area contributed by atoms with Crippen LogP contribution in [0.25, 0.3) is 22.2 Å². The summed E-state index contributed by atoms with van der Waals surface area (Å²) >= 11 is 3.25. The Labute approximate surface area is 193 Å².